The number of fused-ring (bicyclic) bond motifs is 1. The maximum Gasteiger partial charge on any atom is 0.193 e. The summed E-state index contributed by atoms with van der Waals surface area (Å²) in [6.07, 6.45) is 6.12. The van der Waals surface area contributed by atoms with Crippen molar-refractivity contribution in [3.8, 4) is 5.75 Å². The number of nitrogens with zero attached hydrogens (tertiary/aromatic N) is 2. The number of likely N-dealkylation sites (tertiary alicyclic amines) is 1. The number of rotatable bonds is 5. The van der Waals surface area contributed by atoms with E-state index in [2.05, 4.69) is 33.4 Å². The first-order valence-corrected chi connectivity index (χ1v) is 10.7. The van der Waals surface area contributed by atoms with Gasteiger partial charge >= 0.3 is 0 Å². The quantitative estimate of drug-likeness (QED) is 0.370. The molecule has 0 aliphatic carbocycles. The number of guanidine groups is 1. The van der Waals surface area contributed by atoms with E-state index < -0.39 is 0 Å². The lowest BCUT2D eigenvalue weighted by Gasteiger charge is -2.35. The molecule has 2 atom stereocenters. The van der Waals surface area contributed by atoms with Gasteiger partial charge in [0.25, 0.3) is 0 Å². The molecule has 0 spiro atoms. The van der Waals surface area contributed by atoms with Crippen molar-refractivity contribution < 1.29 is 14.2 Å². The summed E-state index contributed by atoms with van der Waals surface area (Å²) in [6.45, 7) is 5.30. The normalized spacial score (nSPS) is 25.1. The van der Waals surface area contributed by atoms with E-state index in [9.17, 15) is 0 Å². The predicted octanol–water partition coefficient (Wildman–Crippen LogP) is 3.41. The van der Waals surface area contributed by atoms with Crippen LogP contribution in [-0.2, 0) is 9.47 Å². The van der Waals surface area contributed by atoms with E-state index in [0.717, 1.165) is 76.8 Å². The highest BCUT2D eigenvalue weighted by Crippen LogP contribution is 2.32. The van der Waals surface area contributed by atoms with Crippen molar-refractivity contribution in [2.24, 2.45) is 4.99 Å². The molecule has 1 aromatic carbocycles. The van der Waals surface area contributed by atoms with Gasteiger partial charge in [-0.15, -0.1) is 24.0 Å². The SMILES string of the molecule is CN=C(NCC1CCOc2ccccc21)N1CCC(OCC2CCCO2)CC1.I. The summed E-state index contributed by atoms with van der Waals surface area (Å²) in [5.41, 5.74) is 1.30. The second-order valence-electron chi connectivity index (χ2n) is 7.95. The summed E-state index contributed by atoms with van der Waals surface area (Å²) in [7, 11) is 1.88. The first-order valence-electron chi connectivity index (χ1n) is 10.7. The van der Waals surface area contributed by atoms with Gasteiger partial charge in [-0.25, -0.2) is 0 Å². The third-order valence-electron chi connectivity index (χ3n) is 6.08. The average Bonchev–Trinajstić information content (AvgIpc) is 3.27. The minimum Gasteiger partial charge on any atom is -0.493 e. The number of halogens is 1. The van der Waals surface area contributed by atoms with Crippen molar-refractivity contribution in [3.05, 3.63) is 29.8 Å². The predicted molar refractivity (Wildman–Crippen MR) is 126 cm³/mol. The van der Waals surface area contributed by atoms with Crippen molar-refractivity contribution >= 4 is 29.9 Å². The fraction of sp³-hybridized carbons (Fsp3) is 0.682. The minimum atomic E-state index is 0. The van der Waals surface area contributed by atoms with Gasteiger partial charge in [0, 0.05) is 39.2 Å². The molecule has 162 valence electrons. The zero-order valence-electron chi connectivity index (χ0n) is 17.3. The molecule has 3 aliphatic heterocycles. The highest BCUT2D eigenvalue weighted by Gasteiger charge is 2.26. The van der Waals surface area contributed by atoms with E-state index >= 15 is 0 Å². The van der Waals surface area contributed by atoms with E-state index in [0.29, 0.717) is 18.1 Å². The van der Waals surface area contributed by atoms with Crippen molar-refractivity contribution in [1.29, 1.82) is 0 Å². The van der Waals surface area contributed by atoms with Crippen LogP contribution in [0.4, 0.5) is 0 Å². The van der Waals surface area contributed by atoms with E-state index in [1.54, 1.807) is 0 Å². The molecule has 4 rings (SSSR count). The van der Waals surface area contributed by atoms with Gasteiger partial charge in [0.05, 0.1) is 25.4 Å². The van der Waals surface area contributed by atoms with Crippen LogP contribution >= 0.6 is 24.0 Å². The maximum absolute atomic E-state index is 6.10. The van der Waals surface area contributed by atoms with Gasteiger partial charge in [0.2, 0.25) is 0 Å². The summed E-state index contributed by atoms with van der Waals surface area (Å²) in [4.78, 5) is 6.88. The lowest BCUT2D eigenvalue weighted by molar-refractivity contribution is -0.0367. The Bertz CT molecular complexity index is 658. The molecule has 2 unspecified atom stereocenters. The smallest absolute Gasteiger partial charge is 0.193 e. The third-order valence-corrected chi connectivity index (χ3v) is 6.08. The van der Waals surface area contributed by atoms with Gasteiger partial charge in [0.1, 0.15) is 5.75 Å². The molecule has 2 saturated heterocycles. The maximum atomic E-state index is 6.10. The molecule has 3 aliphatic rings. The van der Waals surface area contributed by atoms with Gasteiger partial charge in [-0.1, -0.05) is 18.2 Å². The fourth-order valence-corrected chi connectivity index (χ4v) is 4.43. The topological polar surface area (TPSA) is 55.3 Å². The molecule has 7 heteroatoms. The highest BCUT2D eigenvalue weighted by atomic mass is 127. The Labute approximate surface area is 191 Å². The average molecular weight is 515 g/mol. The molecule has 0 amide bonds. The van der Waals surface area contributed by atoms with E-state index in [1.807, 2.05) is 13.1 Å². The Morgan fingerprint density at radius 1 is 1.17 bits per heavy atom. The second-order valence-corrected chi connectivity index (χ2v) is 7.95. The Morgan fingerprint density at radius 2 is 2.00 bits per heavy atom. The summed E-state index contributed by atoms with van der Waals surface area (Å²) >= 11 is 0. The van der Waals surface area contributed by atoms with E-state index in [1.165, 1.54) is 12.0 Å². The molecule has 3 heterocycles. The van der Waals surface area contributed by atoms with Crippen LogP contribution in [0.2, 0.25) is 0 Å². The molecule has 1 aromatic rings. The van der Waals surface area contributed by atoms with Crippen LogP contribution in [0, 0.1) is 0 Å². The van der Waals surface area contributed by atoms with Crippen LogP contribution in [0.1, 0.15) is 43.6 Å². The number of piperidine rings is 1. The number of ether oxygens (including phenoxy) is 3. The number of hydrogen-bond donors (Lipinski definition) is 1. The number of para-hydroxylation sites is 1. The second kappa shape index (κ2) is 11.4. The van der Waals surface area contributed by atoms with Crippen LogP contribution in [0.3, 0.4) is 0 Å². The molecule has 0 radical (unpaired) electrons. The number of benzene rings is 1. The molecular formula is C22H34IN3O3. The summed E-state index contributed by atoms with van der Waals surface area (Å²) in [5.74, 6) is 2.50. The van der Waals surface area contributed by atoms with Gasteiger partial charge in [-0.2, -0.15) is 0 Å². The Balaban J connectivity index is 0.00000240. The minimum absolute atomic E-state index is 0. The van der Waals surface area contributed by atoms with Crippen molar-refractivity contribution in [3.63, 3.8) is 0 Å². The molecule has 6 nitrogen and oxygen atoms in total. The third kappa shape index (κ3) is 5.98. The zero-order valence-corrected chi connectivity index (χ0v) is 19.7. The van der Waals surface area contributed by atoms with Gasteiger partial charge in [0.15, 0.2) is 5.96 Å². The van der Waals surface area contributed by atoms with Crippen LogP contribution in [-0.4, -0.2) is 69.6 Å². The summed E-state index contributed by atoms with van der Waals surface area (Å²) in [5, 5.41) is 3.60. The monoisotopic (exact) mass is 515 g/mol. The fourth-order valence-electron chi connectivity index (χ4n) is 4.43. The molecule has 0 saturated carbocycles. The van der Waals surface area contributed by atoms with Crippen molar-refractivity contribution in [2.75, 3.05) is 46.5 Å². The molecular weight excluding hydrogens is 481 g/mol. The Hall–Kier alpha value is -1.06. The Kier molecular flexibility index (Phi) is 8.86. The van der Waals surface area contributed by atoms with Crippen LogP contribution in [0.25, 0.3) is 0 Å². The van der Waals surface area contributed by atoms with E-state index in [4.69, 9.17) is 14.2 Å². The van der Waals surface area contributed by atoms with Crippen molar-refractivity contribution in [1.82, 2.24) is 10.2 Å². The van der Waals surface area contributed by atoms with Gasteiger partial charge in [-0.3, -0.25) is 4.99 Å². The summed E-state index contributed by atoms with van der Waals surface area (Å²) < 4.78 is 17.5. The Morgan fingerprint density at radius 3 is 2.76 bits per heavy atom. The lowest BCUT2D eigenvalue weighted by atomic mass is 9.93. The first-order chi connectivity index (χ1) is 13.8. The van der Waals surface area contributed by atoms with E-state index in [-0.39, 0.29) is 24.0 Å². The number of hydrogen-bond acceptors (Lipinski definition) is 4. The molecule has 29 heavy (non-hydrogen) atoms. The van der Waals surface area contributed by atoms with Crippen LogP contribution < -0.4 is 10.1 Å². The van der Waals surface area contributed by atoms with Crippen LogP contribution in [0.15, 0.2) is 29.3 Å². The highest BCUT2D eigenvalue weighted by molar-refractivity contribution is 14.0. The number of nitrogens with one attached hydrogen (secondary N) is 1. The zero-order chi connectivity index (χ0) is 19.2. The molecule has 2 fully saturated rings. The number of aliphatic imine (C=N–C) groups is 1. The molecule has 1 N–H and O–H groups in total. The summed E-state index contributed by atoms with van der Waals surface area (Å²) in [6, 6.07) is 8.38. The largest absolute Gasteiger partial charge is 0.493 e. The van der Waals surface area contributed by atoms with Gasteiger partial charge < -0.3 is 24.4 Å². The van der Waals surface area contributed by atoms with Crippen LogP contribution in [0.5, 0.6) is 5.75 Å². The lowest BCUT2D eigenvalue weighted by Crippen LogP contribution is -2.48. The molecule has 0 aromatic heterocycles. The van der Waals surface area contributed by atoms with Crippen molar-refractivity contribution in [2.45, 2.75) is 50.2 Å². The standard InChI is InChI=1S/C22H33N3O3.HI/c1-23-22(24-15-17-10-14-27-21-7-3-2-6-20(17)21)25-11-8-18(9-12-25)28-16-19-5-4-13-26-19;/h2-3,6-7,17-19H,4-5,8-16H2,1H3,(H,23,24);1H. The molecule has 0 bridgehead atoms. The first kappa shape index (κ1) is 22.6. The van der Waals surface area contributed by atoms with Gasteiger partial charge in [-0.05, 0) is 43.7 Å².